The zero-order chi connectivity index (χ0) is 14.4. The molecule has 2 heteroatoms. The maximum atomic E-state index is 5.48. The first-order valence-corrected chi connectivity index (χ1v) is 7.22. The molecule has 1 atom stereocenters. The van der Waals surface area contributed by atoms with Gasteiger partial charge in [-0.3, -0.25) is 0 Å². The Labute approximate surface area is 118 Å². The zero-order valence-corrected chi connectivity index (χ0v) is 13.0. The van der Waals surface area contributed by atoms with E-state index in [-0.39, 0.29) is 10.8 Å². The van der Waals surface area contributed by atoms with Gasteiger partial charge in [-0.25, -0.2) is 9.78 Å². The molecule has 1 aromatic rings. The normalized spacial score (nSPS) is 15.2. The van der Waals surface area contributed by atoms with Crippen LogP contribution in [0.15, 0.2) is 30.3 Å². The van der Waals surface area contributed by atoms with Crippen LogP contribution in [0.2, 0.25) is 0 Å². The first kappa shape index (κ1) is 16.2. The first-order chi connectivity index (χ1) is 8.92. The van der Waals surface area contributed by atoms with Gasteiger partial charge in [0.15, 0.2) is 0 Å². The van der Waals surface area contributed by atoms with Crippen molar-refractivity contribution in [2.24, 2.45) is 5.41 Å². The summed E-state index contributed by atoms with van der Waals surface area (Å²) in [6, 6.07) is 10.5. The molecule has 1 unspecified atom stereocenters. The fourth-order valence-electron chi connectivity index (χ4n) is 1.96. The van der Waals surface area contributed by atoms with Crippen molar-refractivity contribution in [3.63, 3.8) is 0 Å². The van der Waals surface area contributed by atoms with Crippen molar-refractivity contribution in [2.75, 3.05) is 13.2 Å². The Morgan fingerprint density at radius 3 is 2.11 bits per heavy atom. The van der Waals surface area contributed by atoms with Gasteiger partial charge in [0, 0.05) is 5.41 Å². The lowest BCUT2D eigenvalue weighted by molar-refractivity contribution is -0.307. The Morgan fingerprint density at radius 1 is 0.947 bits per heavy atom. The third-order valence-corrected chi connectivity index (χ3v) is 4.08. The average molecular weight is 264 g/mol. The fourth-order valence-corrected chi connectivity index (χ4v) is 1.96. The van der Waals surface area contributed by atoms with Crippen LogP contribution >= 0.6 is 0 Å². The van der Waals surface area contributed by atoms with Crippen LogP contribution < -0.4 is 0 Å². The van der Waals surface area contributed by atoms with Gasteiger partial charge in [0.1, 0.15) is 0 Å². The highest BCUT2D eigenvalue weighted by molar-refractivity contribution is 5.27. The molecule has 0 heterocycles. The molecule has 19 heavy (non-hydrogen) atoms. The van der Waals surface area contributed by atoms with Gasteiger partial charge < -0.3 is 0 Å². The van der Waals surface area contributed by atoms with Crippen LogP contribution in [0.1, 0.15) is 53.0 Å². The molecule has 1 rings (SSSR count). The summed E-state index contributed by atoms with van der Waals surface area (Å²) in [5.41, 5.74) is 1.32. The molecule has 0 N–H and O–H groups in total. The minimum atomic E-state index is -0.0690. The lowest BCUT2D eigenvalue weighted by Gasteiger charge is -2.41. The summed E-state index contributed by atoms with van der Waals surface area (Å²) in [5, 5.41) is 0. The zero-order valence-electron chi connectivity index (χ0n) is 13.0. The molecule has 2 nitrogen and oxygen atoms in total. The molecule has 0 spiro atoms. The van der Waals surface area contributed by atoms with Gasteiger partial charge in [-0.1, -0.05) is 71.4 Å². The van der Waals surface area contributed by atoms with E-state index in [4.69, 9.17) is 9.78 Å². The highest BCUT2D eigenvalue weighted by Crippen LogP contribution is 2.41. The van der Waals surface area contributed by atoms with E-state index in [2.05, 4.69) is 58.9 Å². The third kappa shape index (κ3) is 4.32. The molecule has 108 valence electrons. The fraction of sp³-hybridized carbons (Fsp3) is 0.647. The van der Waals surface area contributed by atoms with E-state index >= 15 is 0 Å². The highest BCUT2D eigenvalue weighted by Gasteiger charge is 2.39. The van der Waals surface area contributed by atoms with Crippen molar-refractivity contribution in [1.29, 1.82) is 0 Å². The molecule has 0 saturated carbocycles. The molecule has 0 aromatic heterocycles. The summed E-state index contributed by atoms with van der Waals surface area (Å²) in [4.78, 5) is 10.8. The number of unbranched alkanes of at least 4 members (excludes halogenated alkanes) is 1. The van der Waals surface area contributed by atoms with Crippen LogP contribution in [0.25, 0.3) is 0 Å². The summed E-state index contributed by atoms with van der Waals surface area (Å²) in [6.07, 6.45) is 2.16. The van der Waals surface area contributed by atoms with Gasteiger partial charge >= 0.3 is 0 Å². The second kappa shape index (κ2) is 7.06. The summed E-state index contributed by atoms with van der Waals surface area (Å²) >= 11 is 0. The van der Waals surface area contributed by atoms with Crippen molar-refractivity contribution >= 4 is 0 Å². The van der Waals surface area contributed by atoms with E-state index in [0.717, 1.165) is 12.8 Å². The first-order valence-electron chi connectivity index (χ1n) is 7.22. The molecule has 0 fully saturated rings. The number of hydrogen-bond donors (Lipinski definition) is 0. The van der Waals surface area contributed by atoms with Crippen LogP contribution in [0.5, 0.6) is 0 Å². The van der Waals surface area contributed by atoms with Gasteiger partial charge in [-0.2, -0.15) is 0 Å². The highest BCUT2D eigenvalue weighted by atomic mass is 17.2. The van der Waals surface area contributed by atoms with Gasteiger partial charge in [0.2, 0.25) is 0 Å². The Kier molecular flexibility index (Phi) is 6.02. The topological polar surface area (TPSA) is 18.5 Å². The van der Waals surface area contributed by atoms with Crippen molar-refractivity contribution in [2.45, 2.75) is 52.9 Å². The lowest BCUT2D eigenvalue weighted by atomic mass is 9.64. The minimum Gasteiger partial charge on any atom is -0.237 e. The van der Waals surface area contributed by atoms with Gasteiger partial charge in [0.25, 0.3) is 0 Å². The molecular formula is C17H28O2. The largest absolute Gasteiger partial charge is 0.237 e. The minimum absolute atomic E-state index is 0.0690. The van der Waals surface area contributed by atoms with Crippen LogP contribution in [-0.4, -0.2) is 13.2 Å². The van der Waals surface area contributed by atoms with Crippen molar-refractivity contribution in [3.8, 4) is 0 Å². The van der Waals surface area contributed by atoms with E-state index < -0.39 is 0 Å². The Hall–Kier alpha value is -0.860. The Bertz CT molecular complexity index is 353. The molecule has 1 aromatic carbocycles. The van der Waals surface area contributed by atoms with Gasteiger partial charge in [-0.05, 0) is 17.4 Å². The summed E-state index contributed by atoms with van der Waals surface area (Å²) in [5.74, 6) is 0. The Morgan fingerprint density at radius 2 is 1.58 bits per heavy atom. The van der Waals surface area contributed by atoms with E-state index in [9.17, 15) is 0 Å². The molecule has 0 amide bonds. The van der Waals surface area contributed by atoms with E-state index in [1.54, 1.807) is 0 Å². The van der Waals surface area contributed by atoms with Crippen LogP contribution in [0, 0.1) is 5.41 Å². The molecule has 0 aliphatic rings. The SMILES string of the molecule is CCCCOOCC(C)(c1ccccc1)C(C)(C)C. The van der Waals surface area contributed by atoms with Crippen LogP contribution in [0.3, 0.4) is 0 Å². The number of rotatable bonds is 7. The van der Waals surface area contributed by atoms with Crippen LogP contribution in [0.4, 0.5) is 0 Å². The quantitative estimate of drug-likeness (QED) is 0.402. The second-order valence-electron chi connectivity index (χ2n) is 6.39. The lowest BCUT2D eigenvalue weighted by Crippen LogP contribution is -2.41. The average Bonchev–Trinajstić information content (AvgIpc) is 2.38. The predicted molar refractivity (Wildman–Crippen MR) is 80.1 cm³/mol. The van der Waals surface area contributed by atoms with Gasteiger partial charge in [0.05, 0.1) is 13.2 Å². The Balaban J connectivity index is 2.73. The smallest absolute Gasteiger partial charge is 0.0921 e. The van der Waals surface area contributed by atoms with E-state index in [0.29, 0.717) is 13.2 Å². The summed E-state index contributed by atoms with van der Waals surface area (Å²) in [6.45, 7) is 12.4. The maximum absolute atomic E-state index is 5.48. The number of hydrogen-bond acceptors (Lipinski definition) is 2. The third-order valence-electron chi connectivity index (χ3n) is 4.08. The van der Waals surface area contributed by atoms with Gasteiger partial charge in [-0.15, -0.1) is 0 Å². The van der Waals surface area contributed by atoms with E-state index in [1.807, 2.05) is 6.07 Å². The molecule has 0 aliphatic heterocycles. The predicted octanol–water partition coefficient (Wildman–Crippen LogP) is 4.74. The van der Waals surface area contributed by atoms with Crippen molar-refractivity contribution in [1.82, 2.24) is 0 Å². The molecule has 0 aliphatic carbocycles. The summed E-state index contributed by atoms with van der Waals surface area (Å²) < 4.78 is 0. The monoisotopic (exact) mass is 264 g/mol. The summed E-state index contributed by atoms with van der Waals surface area (Å²) in [7, 11) is 0. The standard InChI is InChI=1S/C17H28O2/c1-6-7-13-18-19-14-17(5,16(2,3)4)15-11-9-8-10-12-15/h8-12H,6-7,13-14H2,1-5H3. The molecule has 0 radical (unpaired) electrons. The number of benzene rings is 1. The van der Waals surface area contributed by atoms with E-state index in [1.165, 1.54) is 5.56 Å². The molecule has 0 bridgehead atoms. The van der Waals surface area contributed by atoms with Crippen LogP contribution in [-0.2, 0) is 15.2 Å². The van der Waals surface area contributed by atoms with Crippen molar-refractivity contribution < 1.29 is 9.78 Å². The molecule has 0 saturated heterocycles. The maximum Gasteiger partial charge on any atom is 0.0921 e. The molecular weight excluding hydrogens is 236 g/mol. The second-order valence-corrected chi connectivity index (χ2v) is 6.39. The van der Waals surface area contributed by atoms with Crippen molar-refractivity contribution in [3.05, 3.63) is 35.9 Å².